The summed E-state index contributed by atoms with van der Waals surface area (Å²) < 4.78 is 8.01. The number of anilines is 1. The molecule has 2 aromatic rings. The van der Waals surface area contributed by atoms with Crippen LogP contribution in [0.4, 0.5) is 5.82 Å². The van der Waals surface area contributed by atoms with Crippen molar-refractivity contribution in [3.8, 4) is 6.07 Å². The van der Waals surface area contributed by atoms with Gasteiger partial charge in [-0.3, -0.25) is 5.10 Å². The Morgan fingerprint density at radius 1 is 1.46 bits per heavy atom. The second kappa shape index (κ2) is 6.29. The molecule has 0 aromatic carbocycles. The van der Waals surface area contributed by atoms with Crippen molar-refractivity contribution in [2.75, 3.05) is 18.5 Å². The smallest absolute Gasteiger partial charge is 0.166 e. The zero-order valence-corrected chi connectivity index (χ0v) is 13.8. The normalized spacial score (nSPS) is 23.8. The average molecular weight is 326 g/mol. The number of nitrogens with one attached hydrogen (secondary N) is 2. The Morgan fingerprint density at radius 2 is 2.33 bits per heavy atom. The summed E-state index contributed by atoms with van der Waals surface area (Å²) in [5, 5.41) is 20.2. The number of aromatic amines is 1. The Labute approximate surface area is 141 Å². The van der Waals surface area contributed by atoms with E-state index in [0.717, 1.165) is 50.4 Å². The largest absolute Gasteiger partial charge is 0.370 e. The monoisotopic (exact) mass is 326 g/mol. The summed E-state index contributed by atoms with van der Waals surface area (Å²) in [6.07, 6.45) is 8.15. The van der Waals surface area contributed by atoms with Gasteiger partial charge in [-0.05, 0) is 25.7 Å². The zero-order chi connectivity index (χ0) is 16.5. The third-order valence-electron chi connectivity index (χ3n) is 4.98. The Hall–Kier alpha value is -2.33. The van der Waals surface area contributed by atoms with Gasteiger partial charge in [0.05, 0.1) is 5.69 Å². The number of nitriles is 1. The first kappa shape index (κ1) is 15.2. The van der Waals surface area contributed by atoms with E-state index in [1.54, 1.807) is 6.20 Å². The van der Waals surface area contributed by atoms with Crippen LogP contribution in [0, 0.1) is 17.2 Å². The predicted molar refractivity (Wildman–Crippen MR) is 88.4 cm³/mol. The molecule has 1 aliphatic heterocycles. The summed E-state index contributed by atoms with van der Waals surface area (Å²) in [4.78, 5) is 4.45. The first-order valence-electron chi connectivity index (χ1n) is 8.59. The fourth-order valence-electron chi connectivity index (χ4n) is 3.48. The van der Waals surface area contributed by atoms with Crippen molar-refractivity contribution >= 4 is 5.82 Å². The first-order valence-corrected chi connectivity index (χ1v) is 8.59. The first-order chi connectivity index (χ1) is 11.8. The van der Waals surface area contributed by atoms with Crippen molar-refractivity contribution in [2.24, 2.45) is 13.0 Å². The van der Waals surface area contributed by atoms with Gasteiger partial charge in [0.2, 0.25) is 0 Å². The molecule has 2 fully saturated rings. The van der Waals surface area contributed by atoms with Crippen LogP contribution in [-0.4, -0.2) is 32.9 Å². The van der Waals surface area contributed by atoms with Crippen molar-refractivity contribution in [1.82, 2.24) is 19.7 Å². The van der Waals surface area contributed by atoms with E-state index in [1.165, 1.54) is 0 Å². The molecule has 7 heteroatoms. The Kier molecular flexibility index (Phi) is 3.98. The topological polar surface area (TPSA) is 91.5 Å². The van der Waals surface area contributed by atoms with Crippen molar-refractivity contribution < 1.29 is 4.74 Å². The third kappa shape index (κ3) is 2.78. The highest BCUT2D eigenvalue weighted by atomic mass is 16.5. The highest BCUT2D eigenvalue weighted by Crippen LogP contribution is 2.42. The average Bonchev–Trinajstić information content (AvgIpc) is 3.23. The molecule has 2 aromatic heterocycles. The number of aryl methyl sites for hydroxylation is 1. The maximum Gasteiger partial charge on any atom is 0.166 e. The van der Waals surface area contributed by atoms with Crippen LogP contribution in [0.5, 0.6) is 0 Å². The van der Waals surface area contributed by atoms with Crippen LogP contribution >= 0.6 is 0 Å². The van der Waals surface area contributed by atoms with Gasteiger partial charge in [-0.1, -0.05) is 0 Å². The van der Waals surface area contributed by atoms with Crippen molar-refractivity contribution in [2.45, 2.75) is 37.7 Å². The molecule has 1 saturated heterocycles. The Bertz CT molecular complexity index is 753. The lowest BCUT2D eigenvalue weighted by Gasteiger charge is -2.31. The van der Waals surface area contributed by atoms with E-state index in [4.69, 9.17) is 4.74 Å². The molecule has 2 atom stereocenters. The Balaban J connectivity index is 1.48. The van der Waals surface area contributed by atoms with Gasteiger partial charge in [0.15, 0.2) is 5.82 Å². The van der Waals surface area contributed by atoms with E-state index in [9.17, 15) is 5.26 Å². The van der Waals surface area contributed by atoms with E-state index in [0.29, 0.717) is 23.2 Å². The minimum absolute atomic E-state index is 0.0152. The molecule has 4 rings (SSSR count). The molecule has 3 heterocycles. The van der Waals surface area contributed by atoms with Gasteiger partial charge in [0.1, 0.15) is 23.6 Å². The lowest BCUT2D eigenvalue weighted by Crippen LogP contribution is -2.30. The standard InChI is InChI=1S/C17H22N6O/c1-23-7-6-19-17(23)15-12(3-2-8-24-15)10-20-16-13(9-18)14(21-22-16)11-4-5-11/h6-7,11-12,15H,2-5,8,10H2,1H3,(H2,20,21,22)/t12-,15+/m0/s1. The number of hydrogen-bond acceptors (Lipinski definition) is 5. The van der Waals surface area contributed by atoms with Gasteiger partial charge >= 0.3 is 0 Å². The maximum absolute atomic E-state index is 9.45. The van der Waals surface area contributed by atoms with Gasteiger partial charge in [-0.2, -0.15) is 10.4 Å². The highest BCUT2D eigenvalue weighted by Gasteiger charge is 2.32. The van der Waals surface area contributed by atoms with E-state index in [1.807, 2.05) is 17.8 Å². The molecule has 0 spiro atoms. The fourth-order valence-corrected chi connectivity index (χ4v) is 3.48. The fraction of sp³-hybridized carbons (Fsp3) is 0.588. The molecule has 0 radical (unpaired) electrons. The molecule has 0 unspecified atom stereocenters. The lowest BCUT2D eigenvalue weighted by molar-refractivity contribution is -0.0305. The number of imidazole rings is 1. The maximum atomic E-state index is 9.45. The number of aromatic nitrogens is 4. The predicted octanol–water partition coefficient (Wildman–Crippen LogP) is 2.47. The van der Waals surface area contributed by atoms with Gasteiger partial charge in [-0.15, -0.1) is 0 Å². The van der Waals surface area contributed by atoms with Crippen LogP contribution in [0.15, 0.2) is 12.4 Å². The summed E-state index contributed by atoms with van der Waals surface area (Å²) in [5.41, 5.74) is 1.66. The van der Waals surface area contributed by atoms with Crippen LogP contribution in [0.3, 0.4) is 0 Å². The van der Waals surface area contributed by atoms with Gasteiger partial charge < -0.3 is 14.6 Å². The summed E-state index contributed by atoms with van der Waals surface area (Å²) in [6, 6.07) is 2.30. The van der Waals surface area contributed by atoms with E-state index in [-0.39, 0.29) is 6.10 Å². The van der Waals surface area contributed by atoms with Gasteiger partial charge in [0.25, 0.3) is 0 Å². The minimum atomic E-state index is -0.0152. The highest BCUT2D eigenvalue weighted by molar-refractivity contribution is 5.56. The second-order valence-electron chi connectivity index (χ2n) is 6.72. The quantitative estimate of drug-likeness (QED) is 0.880. The summed E-state index contributed by atoms with van der Waals surface area (Å²) in [5.74, 6) is 2.43. The summed E-state index contributed by atoms with van der Waals surface area (Å²) in [7, 11) is 1.99. The van der Waals surface area contributed by atoms with Crippen LogP contribution in [0.1, 0.15) is 54.8 Å². The number of rotatable bonds is 5. The zero-order valence-electron chi connectivity index (χ0n) is 13.8. The van der Waals surface area contributed by atoms with Gasteiger partial charge in [0, 0.05) is 44.4 Å². The third-order valence-corrected chi connectivity index (χ3v) is 4.98. The molecule has 126 valence electrons. The number of nitrogens with zero attached hydrogens (tertiary/aromatic N) is 4. The van der Waals surface area contributed by atoms with Crippen LogP contribution < -0.4 is 5.32 Å². The second-order valence-corrected chi connectivity index (χ2v) is 6.72. The molecular weight excluding hydrogens is 304 g/mol. The summed E-state index contributed by atoms with van der Waals surface area (Å²) in [6.45, 7) is 1.49. The minimum Gasteiger partial charge on any atom is -0.370 e. The number of hydrogen-bond donors (Lipinski definition) is 2. The number of H-pyrrole nitrogens is 1. The van der Waals surface area contributed by atoms with E-state index < -0.39 is 0 Å². The molecule has 0 amide bonds. The van der Waals surface area contributed by atoms with E-state index in [2.05, 4.69) is 26.6 Å². The molecule has 1 saturated carbocycles. The van der Waals surface area contributed by atoms with Crippen LogP contribution in [0.25, 0.3) is 0 Å². The van der Waals surface area contributed by atoms with Crippen molar-refractivity contribution in [1.29, 1.82) is 5.26 Å². The molecule has 2 aliphatic rings. The van der Waals surface area contributed by atoms with Crippen LogP contribution in [0.2, 0.25) is 0 Å². The van der Waals surface area contributed by atoms with Crippen molar-refractivity contribution in [3.05, 3.63) is 29.5 Å². The van der Waals surface area contributed by atoms with E-state index >= 15 is 0 Å². The molecular formula is C17H22N6O. The van der Waals surface area contributed by atoms with Gasteiger partial charge in [-0.25, -0.2) is 4.98 Å². The summed E-state index contributed by atoms with van der Waals surface area (Å²) >= 11 is 0. The Morgan fingerprint density at radius 3 is 3.04 bits per heavy atom. The van der Waals surface area contributed by atoms with Crippen LogP contribution in [-0.2, 0) is 11.8 Å². The molecule has 7 nitrogen and oxygen atoms in total. The lowest BCUT2D eigenvalue weighted by atomic mass is 9.93. The SMILES string of the molecule is Cn1ccnc1[C@@H]1OCCC[C@H]1CNc1n[nH]c(C2CC2)c1C#N. The molecule has 24 heavy (non-hydrogen) atoms. The number of ether oxygens (including phenoxy) is 1. The molecule has 0 bridgehead atoms. The molecule has 2 N–H and O–H groups in total. The van der Waals surface area contributed by atoms with Crippen molar-refractivity contribution in [3.63, 3.8) is 0 Å². The molecule has 1 aliphatic carbocycles.